The van der Waals surface area contributed by atoms with Gasteiger partial charge >= 0.3 is 5.69 Å². The van der Waals surface area contributed by atoms with Crippen LogP contribution in [0.1, 0.15) is 0 Å². The van der Waals surface area contributed by atoms with Crippen LogP contribution in [0.4, 0.5) is 0 Å². The van der Waals surface area contributed by atoms with Gasteiger partial charge < -0.3 is 0 Å². The van der Waals surface area contributed by atoms with E-state index in [4.69, 9.17) is 34.8 Å². The second-order valence-electron chi connectivity index (χ2n) is 4.53. The molecular formula is C14H9Cl3N4O. The Hall–Kier alpha value is -1.82. The highest BCUT2D eigenvalue weighted by molar-refractivity contribution is 6.33. The van der Waals surface area contributed by atoms with Gasteiger partial charge in [0.1, 0.15) is 10.3 Å². The average molecular weight is 356 g/mol. The molecule has 5 nitrogen and oxygen atoms in total. The molecule has 0 bridgehead atoms. The van der Waals surface area contributed by atoms with Crippen LogP contribution in [0, 0.1) is 0 Å². The summed E-state index contributed by atoms with van der Waals surface area (Å²) in [5.41, 5.74) is 0.755. The SMILES string of the molecule is Cn1c(-c2ccccc2Cl)nn(-c2cc(Cl)nc(Cl)c2)c1=O. The Morgan fingerprint density at radius 1 is 1.05 bits per heavy atom. The van der Waals surface area contributed by atoms with Gasteiger partial charge in [0.05, 0.1) is 10.7 Å². The van der Waals surface area contributed by atoms with Gasteiger partial charge in [-0.1, -0.05) is 46.9 Å². The molecule has 0 aliphatic rings. The van der Waals surface area contributed by atoms with Gasteiger partial charge in [0.2, 0.25) is 0 Å². The van der Waals surface area contributed by atoms with E-state index in [-0.39, 0.29) is 16.0 Å². The van der Waals surface area contributed by atoms with Crippen LogP contribution in [-0.2, 0) is 7.05 Å². The topological polar surface area (TPSA) is 52.7 Å². The van der Waals surface area contributed by atoms with Crippen molar-refractivity contribution in [3.05, 3.63) is 62.2 Å². The van der Waals surface area contributed by atoms with E-state index < -0.39 is 0 Å². The summed E-state index contributed by atoms with van der Waals surface area (Å²) in [4.78, 5) is 16.3. The van der Waals surface area contributed by atoms with E-state index in [9.17, 15) is 4.79 Å². The van der Waals surface area contributed by atoms with Crippen molar-refractivity contribution in [2.45, 2.75) is 0 Å². The highest BCUT2D eigenvalue weighted by Gasteiger charge is 2.16. The summed E-state index contributed by atoms with van der Waals surface area (Å²) in [6, 6.07) is 10.2. The number of pyridine rings is 1. The molecule has 2 aromatic heterocycles. The van der Waals surface area contributed by atoms with Crippen LogP contribution >= 0.6 is 34.8 Å². The molecule has 3 aromatic rings. The maximum atomic E-state index is 12.4. The minimum atomic E-state index is -0.340. The van der Waals surface area contributed by atoms with Crippen molar-refractivity contribution < 1.29 is 0 Å². The van der Waals surface area contributed by atoms with Gasteiger partial charge in [-0.05, 0) is 12.1 Å². The first-order valence-electron chi connectivity index (χ1n) is 6.22. The summed E-state index contributed by atoms with van der Waals surface area (Å²) in [7, 11) is 1.62. The Morgan fingerprint density at radius 2 is 1.68 bits per heavy atom. The molecule has 112 valence electrons. The van der Waals surface area contributed by atoms with Crippen LogP contribution in [0.3, 0.4) is 0 Å². The molecule has 0 radical (unpaired) electrons. The normalized spacial score (nSPS) is 10.9. The molecule has 0 spiro atoms. The first-order valence-corrected chi connectivity index (χ1v) is 7.35. The predicted molar refractivity (Wildman–Crippen MR) is 87.1 cm³/mol. The molecule has 0 aliphatic heterocycles. The molecule has 0 saturated carbocycles. The monoisotopic (exact) mass is 354 g/mol. The molecule has 22 heavy (non-hydrogen) atoms. The zero-order chi connectivity index (χ0) is 15.9. The summed E-state index contributed by atoms with van der Waals surface area (Å²) in [6.45, 7) is 0. The predicted octanol–water partition coefficient (Wildman–Crippen LogP) is 3.59. The number of nitrogens with zero attached hydrogens (tertiary/aromatic N) is 4. The van der Waals surface area contributed by atoms with E-state index in [1.165, 1.54) is 21.4 Å². The second-order valence-corrected chi connectivity index (χ2v) is 5.71. The van der Waals surface area contributed by atoms with Crippen LogP contribution in [0.2, 0.25) is 15.3 Å². The van der Waals surface area contributed by atoms with Crippen LogP contribution in [0.25, 0.3) is 17.1 Å². The third-order valence-corrected chi connectivity index (χ3v) is 3.80. The minimum absolute atomic E-state index is 0.180. The molecule has 2 heterocycles. The van der Waals surface area contributed by atoms with Gasteiger partial charge in [-0.25, -0.2) is 9.78 Å². The van der Waals surface area contributed by atoms with E-state index >= 15 is 0 Å². The Balaban J connectivity index is 2.22. The Morgan fingerprint density at radius 3 is 2.32 bits per heavy atom. The molecule has 0 amide bonds. The average Bonchev–Trinajstić information content (AvgIpc) is 2.75. The molecule has 0 atom stereocenters. The van der Waals surface area contributed by atoms with Gasteiger partial charge in [0, 0.05) is 24.7 Å². The maximum Gasteiger partial charge on any atom is 0.350 e. The second kappa shape index (κ2) is 5.76. The molecule has 0 N–H and O–H groups in total. The van der Waals surface area contributed by atoms with Crippen molar-refractivity contribution >= 4 is 34.8 Å². The summed E-state index contributed by atoms with van der Waals surface area (Å²) in [5, 5.41) is 5.20. The van der Waals surface area contributed by atoms with Gasteiger partial charge in [-0.15, -0.1) is 5.10 Å². The van der Waals surface area contributed by atoms with Crippen molar-refractivity contribution in [1.29, 1.82) is 0 Å². The molecular weight excluding hydrogens is 347 g/mol. The van der Waals surface area contributed by atoms with E-state index in [0.29, 0.717) is 22.1 Å². The lowest BCUT2D eigenvalue weighted by atomic mass is 10.2. The number of benzene rings is 1. The summed E-state index contributed by atoms with van der Waals surface area (Å²) in [5.74, 6) is 0.444. The minimum Gasteiger partial charge on any atom is -0.278 e. The highest BCUT2D eigenvalue weighted by atomic mass is 35.5. The lowest BCUT2D eigenvalue weighted by molar-refractivity contribution is 0.798. The van der Waals surface area contributed by atoms with Crippen molar-refractivity contribution in [1.82, 2.24) is 19.3 Å². The molecule has 1 aromatic carbocycles. The van der Waals surface area contributed by atoms with Gasteiger partial charge in [-0.2, -0.15) is 4.68 Å². The molecule has 0 unspecified atom stereocenters. The molecule has 0 fully saturated rings. The molecule has 0 saturated heterocycles. The molecule has 8 heteroatoms. The van der Waals surface area contributed by atoms with Crippen molar-refractivity contribution in [3.63, 3.8) is 0 Å². The largest absolute Gasteiger partial charge is 0.350 e. The van der Waals surface area contributed by atoms with Crippen LogP contribution < -0.4 is 5.69 Å². The first kappa shape index (κ1) is 15.1. The van der Waals surface area contributed by atoms with Crippen molar-refractivity contribution in [2.24, 2.45) is 7.05 Å². The maximum absolute atomic E-state index is 12.4. The van der Waals surface area contributed by atoms with E-state index in [1.807, 2.05) is 12.1 Å². The van der Waals surface area contributed by atoms with Gasteiger partial charge in [-0.3, -0.25) is 4.57 Å². The Bertz CT molecular complexity index is 896. The smallest absolute Gasteiger partial charge is 0.278 e. The van der Waals surface area contributed by atoms with Crippen LogP contribution in [0.5, 0.6) is 0 Å². The summed E-state index contributed by atoms with van der Waals surface area (Å²) < 4.78 is 2.61. The van der Waals surface area contributed by atoms with E-state index in [1.54, 1.807) is 19.2 Å². The van der Waals surface area contributed by atoms with Crippen LogP contribution in [-0.4, -0.2) is 19.3 Å². The molecule has 3 rings (SSSR count). The zero-order valence-corrected chi connectivity index (χ0v) is 13.6. The zero-order valence-electron chi connectivity index (χ0n) is 11.3. The first-order chi connectivity index (χ1) is 10.5. The van der Waals surface area contributed by atoms with Gasteiger partial charge in [0.25, 0.3) is 0 Å². The van der Waals surface area contributed by atoms with E-state index in [2.05, 4.69) is 10.1 Å². The fourth-order valence-electron chi connectivity index (χ4n) is 2.06. The van der Waals surface area contributed by atoms with Crippen molar-refractivity contribution in [3.8, 4) is 17.1 Å². The number of halogens is 3. The third kappa shape index (κ3) is 2.63. The quantitative estimate of drug-likeness (QED) is 0.660. The standard InChI is InChI=1S/C14H9Cl3N4O/c1-20-13(9-4-2-3-5-10(9)15)19-21(14(20)22)8-6-11(16)18-12(17)7-8/h2-7H,1H3. The number of rotatable bonds is 2. The fraction of sp³-hybridized carbons (Fsp3) is 0.0714. The van der Waals surface area contributed by atoms with Crippen molar-refractivity contribution in [2.75, 3.05) is 0 Å². The summed E-state index contributed by atoms with van der Waals surface area (Å²) >= 11 is 17.9. The highest BCUT2D eigenvalue weighted by Crippen LogP contribution is 2.25. The van der Waals surface area contributed by atoms with Crippen LogP contribution in [0.15, 0.2) is 41.2 Å². The number of hydrogen-bond acceptors (Lipinski definition) is 3. The Kier molecular flexibility index (Phi) is 3.95. The lowest BCUT2D eigenvalue weighted by Gasteiger charge is -2.02. The lowest BCUT2D eigenvalue weighted by Crippen LogP contribution is -2.21. The van der Waals surface area contributed by atoms with Gasteiger partial charge in [0.15, 0.2) is 5.82 Å². The third-order valence-electron chi connectivity index (χ3n) is 3.09. The summed E-state index contributed by atoms with van der Waals surface area (Å²) in [6.07, 6.45) is 0. The number of hydrogen-bond donors (Lipinski definition) is 0. The molecule has 0 aliphatic carbocycles. The Labute approximate surface area is 140 Å². The van der Waals surface area contributed by atoms with E-state index in [0.717, 1.165) is 0 Å². The fourth-order valence-corrected chi connectivity index (χ4v) is 2.73. The number of aromatic nitrogens is 4.